The molecule has 0 fully saturated rings. The summed E-state index contributed by atoms with van der Waals surface area (Å²) in [5, 5.41) is 6.77. The van der Waals surface area contributed by atoms with Crippen LogP contribution >= 0.6 is 0 Å². The average Bonchev–Trinajstić information content (AvgIpc) is 2.78. The number of hydrogen-bond acceptors (Lipinski definition) is 6. The van der Waals surface area contributed by atoms with Crippen molar-refractivity contribution in [2.45, 2.75) is 39.2 Å². The molecule has 1 aliphatic heterocycles. The first-order valence-corrected chi connectivity index (χ1v) is 12.3. The van der Waals surface area contributed by atoms with Crippen LogP contribution in [0, 0.1) is 13.0 Å². The third-order valence-electron chi connectivity index (χ3n) is 5.05. The molecule has 0 spiro atoms. The predicted octanol–water partition coefficient (Wildman–Crippen LogP) is 1.97. The van der Waals surface area contributed by atoms with Crippen molar-refractivity contribution in [3.63, 3.8) is 0 Å². The highest BCUT2D eigenvalue weighted by Gasteiger charge is 2.29. The number of rotatable bonds is 10. The van der Waals surface area contributed by atoms with E-state index >= 15 is 0 Å². The van der Waals surface area contributed by atoms with Crippen LogP contribution in [0.5, 0.6) is 0 Å². The second-order valence-corrected chi connectivity index (χ2v) is 9.48. The number of carbonyl (C=O) groups is 2. The molecule has 2 heterocycles. The molecule has 10 heteroatoms. The van der Waals surface area contributed by atoms with E-state index in [1.807, 2.05) is 19.1 Å². The second-order valence-electron chi connectivity index (χ2n) is 7.74. The van der Waals surface area contributed by atoms with E-state index in [-0.39, 0.29) is 23.9 Å². The van der Waals surface area contributed by atoms with Crippen LogP contribution < -0.4 is 10.0 Å². The Balaban J connectivity index is 1.54. The molecule has 3 rings (SSSR count). The van der Waals surface area contributed by atoms with Crippen LogP contribution in [0.15, 0.2) is 63.8 Å². The molecule has 9 nitrogen and oxygen atoms in total. The van der Waals surface area contributed by atoms with E-state index in [1.165, 1.54) is 12.5 Å². The minimum atomic E-state index is -3.77. The number of amides is 2. The molecule has 0 bridgehead atoms. The van der Waals surface area contributed by atoms with Gasteiger partial charge in [-0.05, 0) is 46.4 Å². The van der Waals surface area contributed by atoms with Gasteiger partial charge in [0.2, 0.25) is 10.0 Å². The van der Waals surface area contributed by atoms with E-state index in [1.54, 1.807) is 37.9 Å². The minimum absolute atomic E-state index is 0.107. The predicted molar refractivity (Wildman–Crippen MR) is 123 cm³/mol. The molecule has 1 aromatic rings. The second kappa shape index (κ2) is 11.2. The van der Waals surface area contributed by atoms with Gasteiger partial charge in [0.1, 0.15) is 0 Å². The molecule has 174 valence electrons. The fraction of sp³-hybridized carbons (Fsp3) is 0.348. The highest BCUT2D eigenvalue weighted by atomic mass is 32.2. The topological polar surface area (TPSA) is 121 Å². The Morgan fingerprint density at radius 2 is 2.06 bits per heavy atom. The highest BCUT2D eigenvalue weighted by Crippen LogP contribution is 2.23. The number of nitrogens with one attached hydrogen (secondary N) is 2. The number of aromatic nitrogens is 1. The van der Waals surface area contributed by atoms with E-state index < -0.39 is 22.0 Å². The van der Waals surface area contributed by atoms with Crippen LogP contribution in [0.4, 0.5) is 0 Å². The first-order valence-electron chi connectivity index (χ1n) is 10.8. The monoisotopic (exact) mass is 470 g/mol. The zero-order chi connectivity index (χ0) is 23.8. The summed E-state index contributed by atoms with van der Waals surface area (Å²) in [7, 11) is -3.77. The van der Waals surface area contributed by atoms with Crippen molar-refractivity contribution in [1.29, 1.82) is 0 Å². The van der Waals surface area contributed by atoms with Crippen molar-refractivity contribution in [3.05, 3.63) is 77.3 Å². The number of azo groups is 2. The fourth-order valence-electron chi connectivity index (χ4n) is 3.39. The molecule has 1 atom stereocenters. The quantitative estimate of drug-likeness (QED) is 0.507. The van der Waals surface area contributed by atoms with Crippen molar-refractivity contribution in [1.82, 2.24) is 15.0 Å². The Morgan fingerprint density at radius 3 is 2.76 bits per heavy atom. The number of pyridine rings is 1. The number of carbonyl (C=O) groups excluding carboxylic acids is 2. The van der Waals surface area contributed by atoms with Crippen molar-refractivity contribution >= 4 is 21.8 Å². The van der Waals surface area contributed by atoms with Gasteiger partial charge in [-0.25, -0.2) is 17.9 Å². The first kappa shape index (κ1) is 24.7. The van der Waals surface area contributed by atoms with Crippen molar-refractivity contribution in [2.75, 3.05) is 13.1 Å². The molecule has 0 saturated heterocycles. The highest BCUT2D eigenvalue weighted by molar-refractivity contribution is 7.93. The maximum absolute atomic E-state index is 12.8. The van der Waals surface area contributed by atoms with Gasteiger partial charge in [-0.15, -0.1) is 0 Å². The molecule has 2 amide bonds. The van der Waals surface area contributed by atoms with Gasteiger partial charge in [-0.3, -0.25) is 9.78 Å². The molecule has 2 aliphatic rings. The van der Waals surface area contributed by atoms with Gasteiger partial charge in [0, 0.05) is 31.3 Å². The molecular weight excluding hydrogens is 442 g/mol. The third-order valence-corrected chi connectivity index (χ3v) is 6.67. The van der Waals surface area contributed by atoms with Gasteiger partial charge in [-0.1, -0.05) is 31.6 Å². The normalized spacial score (nSPS) is 18.7. The Hall–Kier alpha value is -2.98. The van der Waals surface area contributed by atoms with Crippen LogP contribution in [0.2, 0.25) is 0 Å². The first-order chi connectivity index (χ1) is 15.8. The van der Waals surface area contributed by atoms with E-state index in [2.05, 4.69) is 20.1 Å². The lowest BCUT2D eigenvalue weighted by atomic mass is 10.0. The van der Waals surface area contributed by atoms with Gasteiger partial charge in [0.25, 0.3) is 12.5 Å². The van der Waals surface area contributed by atoms with Crippen LogP contribution in [-0.2, 0) is 26.0 Å². The van der Waals surface area contributed by atoms with Gasteiger partial charge >= 0.3 is 5.91 Å². The lowest BCUT2D eigenvalue weighted by molar-refractivity contribution is -0.498. The fourth-order valence-corrected chi connectivity index (χ4v) is 4.74. The van der Waals surface area contributed by atoms with Gasteiger partial charge in [0.05, 0.1) is 17.0 Å². The Bertz CT molecular complexity index is 1120. The van der Waals surface area contributed by atoms with Crippen molar-refractivity contribution in [2.24, 2.45) is 5.11 Å². The zero-order valence-corrected chi connectivity index (χ0v) is 19.5. The summed E-state index contributed by atoms with van der Waals surface area (Å²) in [4.78, 5) is 28.9. The van der Waals surface area contributed by atoms with Crippen LogP contribution in [0.3, 0.4) is 0 Å². The smallest absolute Gasteiger partial charge is 0.344 e. The molecule has 2 N–H and O–H groups in total. The lowest BCUT2D eigenvalue weighted by Crippen LogP contribution is -2.42. The summed E-state index contributed by atoms with van der Waals surface area (Å²) in [6.07, 6.45) is 10.1. The van der Waals surface area contributed by atoms with Gasteiger partial charge in [0.15, 0.2) is 6.54 Å². The minimum Gasteiger partial charge on any atom is -0.344 e. The third kappa shape index (κ3) is 7.00. The number of nitrogens with zero attached hydrogens (tertiary/aromatic N) is 3. The van der Waals surface area contributed by atoms with Gasteiger partial charge in [-0.2, -0.15) is 0 Å². The standard InChI is InChI=1S/C23H27N5O4S/c1-3-6-18-13-23(30)28(25-15-18)16-22(29)27-20-9-8-17(2)21(14-20)33(31,32)26-12-10-19-7-4-5-11-24-19/h4-5,7-9,11,13-15,20,26H,3,6,10,12,16H2,1-2H3/p+1. The number of sulfonamides is 1. The zero-order valence-electron chi connectivity index (χ0n) is 18.7. The lowest BCUT2D eigenvalue weighted by Gasteiger charge is -2.21. The molecule has 1 aliphatic carbocycles. The summed E-state index contributed by atoms with van der Waals surface area (Å²) in [6.45, 7) is 5.23. The van der Waals surface area contributed by atoms with Gasteiger partial charge < -0.3 is 5.32 Å². The molecular formula is C23H28N5O4S+. The van der Waals surface area contributed by atoms with Crippen molar-refractivity contribution < 1.29 is 22.7 Å². The number of allylic oxidation sites excluding steroid dienone is 2. The molecule has 1 unspecified atom stereocenters. The summed E-state index contributed by atoms with van der Waals surface area (Å²) >= 11 is 0. The van der Waals surface area contributed by atoms with E-state index in [4.69, 9.17) is 0 Å². The van der Waals surface area contributed by atoms with E-state index in [0.29, 0.717) is 12.0 Å². The average molecular weight is 471 g/mol. The molecule has 0 saturated carbocycles. The molecule has 0 aromatic carbocycles. The summed E-state index contributed by atoms with van der Waals surface area (Å²) in [5.74, 6) is -0.798. The maximum Gasteiger partial charge on any atom is 0.437 e. The SMILES string of the molecule is CCCC1=CC(=O)[N+](CC(=O)NC2[CH]C(S(=O)(=O)NCCc3ccccn3)=C(C)C=C2)=N[CH]1. The summed E-state index contributed by atoms with van der Waals surface area (Å²) < 4.78 is 29.3. The summed E-state index contributed by atoms with van der Waals surface area (Å²) in [6, 6.07) is 4.85. The molecule has 2 radical (unpaired) electrons. The Kier molecular flexibility index (Phi) is 8.40. The van der Waals surface area contributed by atoms with Crippen molar-refractivity contribution in [3.8, 4) is 0 Å². The van der Waals surface area contributed by atoms with Crippen LogP contribution in [0.25, 0.3) is 0 Å². The molecule has 1 aromatic heterocycles. The Morgan fingerprint density at radius 1 is 1.24 bits per heavy atom. The van der Waals surface area contributed by atoms with E-state index in [9.17, 15) is 18.0 Å². The number of hydrogen-bond donors (Lipinski definition) is 2. The van der Waals surface area contributed by atoms with Crippen LogP contribution in [-0.4, -0.2) is 49.0 Å². The summed E-state index contributed by atoms with van der Waals surface area (Å²) in [5.41, 5.74) is 2.18. The maximum atomic E-state index is 12.8. The molecule has 33 heavy (non-hydrogen) atoms. The largest absolute Gasteiger partial charge is 0.437 e. The van der Waals surface area contributed by atoms with Crippen LogP contribution in [0.1, 0.15) is 32.4 Å². The van der Waals surface area contributed by atoms with E-state index in [0.717, 1.165) is 28.8 Å². The Labute approximate surface area is 194 Å².